The van der Waals surface area contributed by atoms with Crippen LogP contribution in [-0.2, 0) is 9.53 Å². The van der Waals surface area contributed by atoms with Crippen molar-refractivity contribution in [2.45, 2.75) is 19.9 Å². The van der Waals surface area contributed by atoms with Gasteiger partial charge in [-0.15, -0.1) is 0 Å². The molecule has 2 N–H and O–H groups in total. The molecule has 0 saturated carbocycles. The van der Waals surface area contributed by atoms with Gasteiger partial charge >= 0.3 is 0 Å². The Bertz CT molecular complexity index is 393. The number of amides is 1. The molecule has 0 heterocycles. The minimum absolute atomic E-state index is 0.0342. The molecule has 0 bridgehead atoms. The van der Waals surface area contributed by atoms with Gasteiger partial charge in [-0.2, -0.15) is 0 Å². The van der Waals surface area contributed by atoms with Crippen LogP contribution in [0.3, 0.4) is 0 Å². The number of carbonyl (C=O) groups is 1. The molecule has 1 aromatic rings. The van der Waals surface area contributed by atoms with Crippen molar-refractivity contribution >= 4 is 5.91 Å². The average molecular weight is 280 g/mol. The lowest BCUT2D eigenvalue weighted by Crippen LogP contribution is -2.42. The van der Waals surface area contributed by atoms with Crippen molar-refractivity contribution in [3.05, 3.63) is 29.8 Å². The number of nitrogens with one attached hydrogen (secondary N) is 2. The molecule has 0 aliphatic heterocycles. The number of benzene rings is 1. The molecule has 1 rings (SSSR count). The van der Waals surface area contributed by atoms with Gasteiger partial charge < -0.3 is 20.1 Å². The first-order chi connectivity index (χ1) is 9.61. The van der Waals surface area contributed by atoms with Crippen molar-refractivity contribution < 1.29 is 14.3 Å². The minimum Gasteiger partial charge on any atom is -0.491 e. The van der Waals surface area contributed by atoms with Gasteiger partial charge in [-0.05, 0) is 26.0 Å². The standard InChI is InChI=1S/C15H24N2O3/c1-12-4-6-14(7-5-12)20-11-13(2)17-15(18)10-16-8-9-19-3/h4-7,13,16H,8-11H2,1-3H3,(H,17,18). The van der Waals surface area contributed by atoms with E-state index in [0.717, 1.165) is 5.75 Å². The summed E-state index contributed by atoms with van der Waals surface area (Å²) in [7, 11) is 1.63. The number of rotatable bonds is 9. The predicted molar refractivity (Wildman–Crippen MR) is 79.0 cm³/mol. The highest BCUT2D eigenvalue weighted by Crippen LogP contribution is 2.11. The first kappa shape index (κ1) is 16.5. The highest BCUT2D eigenvalue weighted by atomic mass is 16.5. The Hall–Kier alpha value is -1.59. The maximum atomic E-state index is 11.6. The van der Waals surface area contributed by atoms with Crippen molar-refractivity contribution in [3.63, 3.8) is 0 Å². The molecule has 5 heteroatoms. The number of methoxy groups -OCH3 is 1. The Kier molecular flexibility index (Phi) is 7.69. The molecule has 0 aromatic heterocycles. The third-order valence-electron chi connectivity index (χ3n) is 2.70. The maximum Gasteiger partial charge on any atom is 0.234 e. The number of aryl methyl sites for hydroxylation is 1. The van der Waals surface area contributed by atoms with Crippen LogP contribution in [0.5, 0.6) is 5.75 Å². The normalized spacial score (nSPS) is 11.9. The molecule has 1 atom stereocenters. The Morgan fingerprint density at radius 2 is 2.00 bits per heavy atom. The largest absolute Gasteiger partial charge is 0.491 e. The van der Waals surface area contributed by atoms with Crippen LogP contribution >= 0.6 is 0 Å². The molecular weight excluding hydrogens is 256 g/mol. The summed E-state index contributed by atoms with van der Waals surface area (Å²) in [6.07, 6.45) is 0. The third-order valence-corrected chi connectivity index (χ3v) is 2.70. The molecule has 0 aliphatic rings. The number of ether oxygens (including phenoxy) is 2. The zero-order chi connectivity index (χ0) is 14.8. The summed E-state index contributed by atoms with van der Waals surface area (Å²) in [6.45, 7) is 5.95. The lowest BCUT2D eigenvalue weighted by Gasteiger charge is -2.15. The zero-order valence-electron chi connectivity index (χ0n) is 12.4. The van der Waals surface area contributed by atoms with Crippen molar-refractivity contribution in [1.29, 1.82) is 0 Å². The fourth-order valence-electron chi connectivity index (χ4n) is 1.60. The first-order valence-electron chi connectivity index (χ1n) is 6.80. The average Bonchev–Trinajstić information content (AvgIpc) is 2.43. The molecule has 1 amide bonds. The Morgan fingerprint density at radius 3 is 2.65 bits per heavy atom. The van der Waals surface area contributed by atoms with Gasteiger partial charge in [-0.3, -0.25) is 4.79 Å². The van der Waals surface area contributed by atoms with Crippen molar-refractivity contribution in [2.75, 3.05) is 33.4 Å². The number of hydrogen-bond donors (Lipinski definition) is 2. The lowest BCUT2D eigenvalue weighted by atomic mass is 10.2. The summed E-state index contributed by atoms with van der Waals surface area (Å²) in [4.78, 5) is 11.6. The molecule has 0 spiro atoms. The Morgan fingerprint density at radius 1 is 1.30 bits per heavy atom. The molecule has 0 aliphatic carbocycles. The van der Waals surface area contributed by atoms with E-state index in [-0.39, 0.29) is 18.5 Å². The van der Waals surface area contributed by atoms with Gasteiger partial charge in [-0.1, -0.05) is 17.7 Å². The van der Waals surface area contributed by atoms with E-state index in [1.165, 1.54) is 5.56 Å². The highest BCUT2D eigenvalue weighted by molar-refractivity contribution is 5.78. The Labute approximate surface area is 120 Å². The second kappa shape index (κ2) is 9.34. The van der Waals surface area contributed by atoms with E-state index in [1.54, 1.807) is 7.11 Å². The van der Waals surface area contributed by atoms with Crippen LogP contribution in [0.25, 0.3) is 0 Å². The van der Waals surface area contributed by atoms with E-state index in [4.69, 9.17) is 9.47 Å². The molecule has 20 heavy (non-hydrogen) atoms. The molecule has 0 fully saturated rings. The van der Waals surface area contributed by atoms with E-state index < -0.39 is 0 Å². The number of hydrogen-bond acceptors (Lipinski definition) is 4. The zero-order valence-corrected chi connectivity index (χ0v) is 12.4. The van der Waals surface area contributed by atoms with Gasteiger partial charge in [0.1, 0.15) is 12.4 Å². The summed E-state index contributed by atoms with van der Waals surface area (Å²) in [5.74, 6) is 0.774. The van der Waals surface area contributed by atoms with Crippen molar-refractivity contribution in [2.24, 2.45) is 0 Å². The number of carbonyl (C=O) groups excluding carboxylic acids is 1. The molecule has 1 aromatic carbocycles. The summed E-state index contributed by atoms with van der Waals surface area (Å²) in [5, 5.41) is 5.86. The van der Waals surface area contributed by atoms with E-state index >= 15 is 0 Å². The molecule has 112 valence electrons. The summed E-state index contributed by atoms with van der Waals surface area (Å²) in [6, 6.07) is 7.82. The monoisotopic (exact) mass is 280 g/mol. The predicted octanol–water partition coefficient (Wildman–Crippen LogP) is 1.11. The first-order valence-corrected chi connectivity index (χ1v) is 6.80. The van der Waals surface area contributed by atoms with Gasteiger partial charge in [0.15, 0.2) is 0 Å². The summed E-state index contributed by atoms with van der Waals surface area (Å²) in [5.41, 5.74) is 1.20. The van der Waals surface area contributed by atoms with Gasteiger partial charge in [0.25, 0.3) is 0 Å². The van der Waals surface area contributed by atoms with E-state index in [9.17, 15) is 4.79 Å². The van der Waals surface area contributed by atoms with Gasteiger partial charge in [-0.25, -0.2) is 0 Å². The fraction of sp³-hybridized carbons (Fsp3) is 0.533. The van der Waals surface area contributed by atoms with Crippen LogP contribution in [0.1, 0.15) is 12.5 Å². The van der Waals surface area contributed by atoms with Crippen LogP contribution < -0.4 is 15.4 Å². The Balaban J connectivity index is 2.17. The van der Waals surface area contributed by atoms with Gasteiger partial charge in [0.2, 0.25) is 5.91 Å². The topological polar surface area (TPSA) is 59.6 Å². The third kappa shape index (κ3) is 7.11. The van der Waals surface area contributed by atoms with Crippen LogP contribution in [0.15, 0.2) is 24.3 Å². The van der Waals surface area contributed by atoms with Crippen molar-refractivity contribution in [1.82, 2.24) is 10.6 Å². The van der Waals surface area contributed by atoms with E-state index in [2.05, 4.69) is 10.6 Å². The lowest BCUT2D eigenvalue weighted by molar-refractivity contribution is -0.121. The second-order valence-electron chi connectivity index (χ2n) is 4.76. The summed E-state index contributed by atoms with van der Waals surface area (Å²) >= 11 is 0. The highest BCUT2D eigenvalue weighted by Gasteiger charge is 2.07. The molecule has 0 radical (unpaired) electrons. The fourth-order valence-corrected chi connectivity index (χ4v) is 1.60. The molecular formula is C15H24N2O3. The smallest absolute Gasteiger partial charge is 0.234 e. The molecule has 0 saturated heterocycles. The van der Waals surface area contributed by atoms with Gasteiger partial charge in [0, 0.05) is 13.7 Å². The van der Waals surface area contributed by atoms with Crippen LogP contribution in [0.2, 0.25) is 0 Å². The van der Waals surface area contributed by atoms with Crippen LogP contribution in [-0.4, -0.2) is 45.4 Å². The maximum absolute atomic E-state index is 11.6. The van der Waals surface area contributed by atoms with Crippen molar-refractivity contribution in [3.8, 4) is 5.75 Å². The SMILES string of the molecule is COCCNCC(=O)NC(C)COc1ccc(C)cc1. The molecule has 5 nitrogen and oxygen atoms in total. The van der Waals surface area contributed by atoms with E-state index in [0.29, 0.717) is 19.8 Å². The summed E-state index contributed by atoms with van der Waals surface area (Å²) < 4.78 is 10.5. The van der Waals surface area contributed by atoms with Crippen LogP contribution in [0, 0.1) is 6.92 Å². The molecule has 1 unspecified atom stereocenters. The second-order valence-corrected chi connectivity index (χ2v) is 4.76. The minimum atomic E-state index is -0.0406. The van der Waals surface area contributed by atoms with Crippen LogP contribution in [0.4, 0.5) is 0 Å². The van der Waals surface area contributed by atoms with Gasteiger partial charge in [0.05, 0.1) is 19.2 Å². The quantitative estimate of drug-likeness (QED) is 0.665. The van der Waals surface area contributed by atoms with E-state index in [1.807, 2.05) is 38.1 Å².